The number of thioether (sulfide) groups is 1. The Morgan fingerprint density at radius 3 is 2.76 bits per heavy atom. The van der Waals surface area contributed by atoms with E-state index >= 15 is 0 Å². The summed E-state index contributed by atoms with van der Waals surface area (Å²) < 4.78 is 20.1. The van der Waals surface area contributed by atoms with Crippen LogP contribution >= 0.6 is 11.8 Å². The molecule has 0 saturated carbocycles. The average molecular weight is 367 g/mol. The van der Waals surface area contributed by atoms with Gasteiger partial charge in [0.05, 0.1) is 5.75 Å². The van der Waals surface area contributed by atoms with Gasteiger partial charge in [0.25, 0.3) is 0 Å². The lowest BCUT2D eigenvalue weighted by Crippen LogP contribution is -2.35. The molecule has 1 aromatic heterocycles. The predicted octanol–water partition coefficient (Wildman–Crippen LogP) is 2.11. The number of nitrogens with one attached hydrogen (secondary N) is 1. The second-order valence-corrected chi connectivity index (χ2v) is 6.30. The minimum atomic E-state index is -0.460. The van der Waals surface area contributed by atoms with E-state index in [0.717, 1.165) is 12.8 Å². The number of ether oxygens (including phenoxy) is 1. The SMILES string of the molecule is CCC(CC)NC(=O)CSc1nnc(COc2ccccc2F)n1N. The molecule has 1 heterocycles. The standard InChI is InChI=1S/C16H22FN5O2S/c1-3-11(4-2)19-15(23)10-25-16-21-20-14(22(16)18)9-24-13-8-6-5-7-12(13)17/h5-8,11H,3-4,9-10,18H2,1-2H3,(H,19,23). The number of nitrogens with zero attached hydrogens (tertiary/aromatic N) is 3. The molecule has 25 heavy (non-hydrogen) atoms. The van der Waals surface area contributed by atoms with Crippen LogP contribution in [0.25, 0.3) is 0 Å². The first-order valence-corrected chi connectivity index (χ1v) is 9.02. The Morgan fingerprint density at radius 1 is 1.36 bits per heavy atom. The van der Waals surface area contributed by atoms with Gasteiger partial charge in [-0.3, -0.25) is 4.79 Å². The van der Waals surface area contributed by atoms with Crippen molar-refractivity contribution in [1.29, 1.82) is 0 Å². The molecule has 0 aliphatic heterocycles. The lowest BCUT2D eigenvalue weighted by molar-refractivity contribution is -0.119. The number of para-hydroxylation sites is 1. The highest BCUT2D eigenvalue weighted by Gasteiger charge is 2.14. The van der Waals surface area contributed by atoms with Gasteiger partial charge >= 0.3 is 0 Å². The van der Waals surface area contributed by atoms with E-state index in [9.17, 15) is 9.18 Å². The molecule has 0 unspecified atom stereocenters. The third-order valence-corrected chi connectivity index (χ3v) is 4.55. The van der Waals surface area contributed by atoms with E-state index < -0.39 is 5.82 Å². The number of carbonyl (C=O) groups is 1. The van der Waals surface area contributed by atoms with Crippen LogP contribution in [0.2, 0.25) is 0 Å². The number of hydrogen-bond acceptors (Lipinski definition) is 6. The van der Waals surface area contributed by atoms with Gasteiger partial charge in [0.2, 0.25) is 11.1 Å². The fourth-order valence-electron chi connectivity index (χ4n) is 2.10. The number of benzene rings is 1. The molecule has 1 amide bonds. The van der Waals surface area contributed by atoms with E-state index in [4.69, 9.17) is 10.6 Å². The van der Waals surface area contributed by atoms with E-state index in [2.05, 4.69) is 15.5 Å². The van der Waals surface area contributed by atoms with Crippen molar-refractivity contribution >= 4 is 17.7 Å². The molecule has 9 heteroatoms. The first-order chi connectivity index (χ1) is 12.0. The number of amides is 1. The first-order valence-electron chi connectivity index (χ1n) is 8.04. The van der Waals surface area contributed by atoms with E-state index in [1.54, 1.807) is 12.1 Å². The number of rotatable bonds is 9. The lowest BCUT2D eigenvalue weighted by Gasteiger charge is -2.14. The van der Waals surface area contributed by atoms with Crippen LogP contribution in [0.5, 0.6) is 5.75 Å². The zero-order valence-electron chi connectivity index (χ0n) is 14.2. The van der Waals surface area contributed by atoms with Gasteiger partial charge < -0.3 is 15.9 Å². The van der Waals surface area contributed by atoms with Gasteiger partial charge in [-0.25, -0.2) is 9.07 Å². The minimum absolute atomic E-state index is 0.0229. The van der Waals surface area contributed by atoms with Crippen molar-refractivity contribution in [3.8, 4) is 5.75 Å². The van der Waals surface area contributed by atoms with Gasteiger partial charge in [-0.15, -0.1) is 10.2 Å². The van der Waals surface area contributed by atoms with Crippen LogP contribution in [0.1, 0.15) is 32.5 Å². The summed E-state index contributed by atoms with van der Waals surface area (Å²) >= 11 is 1.19. The largest absolute Gasteiger partial charge is 0.482 e. The van der Waals surface area contributed by atoms with Crippen molar-refractivity contribution < 1.29 is 13.9 Å². The third-order valence-electron chi connectivity index (χ3n) is 3.61. The fraction of sp³-hybridized carbons (Fsp3) is 0.438. The molecule has 136 valence electrons. The van der Waals surface area contributed by atoms with Gasteiger partial charge in [-0.1, -0.05) is 37.7 Å². The van der Waals surface area contributed by atoms with Gasteiger partial charge in [0.1, 0.15) is 6.61 Å². The molecule has 0 atom stereocenters. The van der Waals surface area contributed by atoms with E-state index in [-0.39, 0.29) is 30.1 Å². The van der Waals surface area contributed by atoms with Gasteiger partial charge in [0, 0.05) is 6.04 Å². The van der Waals surface area contributed by atoms with Crippen molar-refractivity contribution in [1.82, 2.24) is 20.2 Å². The summed E-state index contributed by atoms with van der Waals surface area (Å²) in [5.74, 6) is 6.02. The van der Waals surface area contributed by atoms with Crippen LogP contribution in [0.4, 0.5) is 4.39 Å². The van der Waals surface area contributed by atoms with Crippen LogP contribution in [-0.2, 0) is 11.4 Å². The Balaban J connectivity index is 1.88. The maximum atomic E-state index is 13.5. The van der Waals surface area contributed by atoms with Crippen LogP contribution in [0, 0.1) is 5.82 Å². The van der Waals surface area contributed by atoms with E-state index in [1.165, 1.54) is 28.6 Å². The molecule has 0 saturated heterocycles. The summed E-state index contributed by atoms with van der Waals surface area (Å²) in [5.41, 5.74) is 0. The van der Waals surface area contributed by atoms with Gasteiger partial charge in [-0.2, -0.15) is 0 Å². The molecule has 2 rings (SSSR count). The van der Waals surface area contributed by atoms with Crippen LogP contribution in [0.15, 0.2) is 29.4 Å². The quantitative estimate of drug-likeness (QED) is 0.521. The summed E-state index contributed by atoms with van der Waals surface area (Å²) in [5, 5.41) is 11.2. The predicted molar refractivity (Wildman–Crippen MR) is 94.1 cm³/mol. The number of carbonyl (C=O) groups excluding carboxylic acids is 1. The van der Waals surface area contributed by atoms with Crippen molar-refractivity contribution in [2.24, 2.45) is 0 Å². The molecule has 3 N–H and O–H groups in total. The summed E-state index contributed by atoms with van der Waals surface area (Å²) in [6.07, 6.45) is 1.77. The Labute approximate surface area is 150 Å². The molecule has 7 nitrogen and oxygen atoms in total. The second-order valence-electron chi connectivity index (χ2n) is 5.36. The Kier molecular flexibility index (Phi) is 7.05. The van der Waals surface area contributed by atoms with Crippen molar-refractivity contribution in [2.75, 3.05) is 11.6 Å². The van der Waals surface area contributed by atoms with Crippen molar-refractivity contribution in [3.63, 3.8) is 0 Å². The Hall–Kier alpha value is -2.29. The van der Waals surface area contributed by atoms with Gasteiger partial charge in [-0.05, 0) is 25.0 Å². The summed E-state index contributed by atoms with van der Waals surface area (Å²) in [6.45, 7) is 4.03. The van der Waals surface area contributed by atoms with E-state index in [1.807, 2.05) is 13.8 Å². The maximum absolute atomic E-state index is 13.5. The molecular formula is C16H22FN5O2S. The van der Waals surface area contributed by atoms with Gasteiger partial charge in [0.15, 0.2) is 17.4 Å². The summed E-state index contributed by atoms with van der Waals surface area (Å²) in [6, 6.07) is 6.25. The normalized spacial score (nSPS) is 10.9. The molecule has 0 bridgehead atoms. The smallest absolute Gasteiger partial charge is 0.230 e. The highest BCUT2D eigenvalue weighted by molar-refractivity contribution is 7.99. The average Bonchev–Trinajstić information content (AvgIpc) is 2.97. The zero-order valence-corrected chi connectivity index (χ0v) is 15.1. The number of aromatic nitrogens is 3. The zero-order chi connectivity index (χ0) is 18.2. The van der Waals surface area contributed by atoms with Crippen molar-refractivity contribution in [3.05, 3.63) is 35.9 Å². The second kappa shape index (κ2) is 9.26. The number of hydrogen-bond donors (Lipinski definition) is 2. The molecule has 2 aromatic rings. The molecule has 0 spiro atoms. The third kappa shape index (κ3) is 5.35. The number of halogens is 1. The lowest BCUT2D eigenvalue weighted by atomic mass is 10.2. The molecule has 0 aliphatic rings. The van der Waals surface area contributed by atoms with Crippen LogP contribution < -0.4 is 15.9 Å². The number of nitrogen functional groups attached to an aromatic ring is 1. The Bertz CT molecular complexity index is 706. The summed E-state index contributed by atoms with van der Waals surface area (Å²) in [7, 11) is 0. The highest BCUT2D eigenvalue weighted by Crippen LogP contribution is 2.18. The molecule has 0 aliphatic carbocycles. The monoisotopic (exact) mass is 367 g/mol. The maximum Gasteiger partial charge on any atom is 0.230 e. The first kappa shape index (κ1) is 19.0. The van der Waals surface area contributed by atoms with Crippen molar-refractivity contribution in [2.45, 2.75) is 44.5 Å². The molecular weight excluding hydrogens is 345 g/mol. The molecule has 0 radical (unpaired) electrons. The number of nitrogens with two attached hydrogens (primary N) is 1. The Morgan fingerprint density at radius 2 is 2.08 bits per heavy atom. The van der Waals surface area contributed by atoms with Crippen LogP contribution in [-0.4, -0.2) is 32.6 Å². The highest BCUT2D eigenvalue weighted by atomic mass is 32.2. The summed E-state index contributed by atoms with van der Waals surface area (Å²) in [4.78, 5) is 11.9. The molecule has 0 fully saturated rings. The van der Waals surface area contributed by atoms with E-state index in [0.29, 0.717) is 11.0 Å². The topological polar surface area (TPSA) is 95.1 Å². The molecule has 1 aromatic carbocycles. The minimum Gasteiger partial charge on any atom is -0.482 e. The fourth-order valence-corrected chi connectivity index (χ4v) is 2.79. The van der Waals surface area contributed by atoms with Crippen LogP contribution in [0.3, 0.4) is 0 Å².